The Balaban J connectivity index is 3.98. The molecule has 4 N–H and O–H groups in total. The van der Waals surface area contributed by atoms with E-state index < -0.39 is 57.6 Å². The van der Waals surface area contributed by atoms with E-state index in [2.05, 4.69) is 79.9 Å². The maximum absolute atomic E-state index is 12.3. The van der Waals surface area contributed by atoms with Gasteiger partial charge in [-0.25, -0.2) is 9.36 Å². The van der Waals surface area contributed by atoms with Gasteiger partial charge in [-0.1, -0.05) is 139 Å². The third kappa shape index (κ3) is 38.1. The number of carbonyl (C=O) groups excluding carboxylic acids is 2. The molecule has 0 aromatic heterocycles. The number of carboxylic acid groups (broad SMARTS) is 1. The van der Waals surface area contributed by atoms with Crippen LogP contribution >= 0.6 is 7.82 Å². The van der Waals surface area contributed by atoms with Crippen LogP contribution in [-0.4, -0.2) is 64.9 Å². The Hall–Kier alpha value is -2.82. The molecule has 0 saturated carbocycles. The first-order chi connectivity index (χ1) is 27.1. The van der Waals surface area contributed by atoms with Crippen molar-refractivity contribution in [2.24, 2.45) is 0 Å². The molecule has 12 heteroatoms. The Kier molecular flexibility index (Phi) is 37.1. The van der Waals surface area contributed by atoms with Crippen LogP contribution in [-0.2, 0) is 32.7 Å². The largest absolute Gasteiger partial charge is 0.480 e. The fourth-order valence-electron chi connectivity index (χ4n) is 5.48. The number of phosphoric acid groups is 1. The Morgan fingerprint density at radius 1 is 0.589 bits per heavy atom. The molecule has 0 aliphatic carbocycles. The number of hydrogen-bond acceptors (Lipinski definition) is 8. The molecular formula is C44H76NO10P. The molecule has 0 aliphatic rings. The van der Waals surface area contributed by atoms with Gasteiger partial charge in [0.25, 0.3) is 0 Å². The Bertz CT molecular complexity index is 1180. The topological polar surface area (TPSA) is 169 Å². The minimum atomic E-state index is -4.77. The number of nitrogens with one attached hydrogen (secondary N) is 1. The number of aliphatic hydroxyl groups excluding tert-OH is 1. The number of carboxylic acids is 1. The second-order valence-corrected chi connectivity index (χ2v) is 15.6. The van der Waals surface area contributed by atoms with Crippen LogP contribution in [0.4, 0.5) is 0 Å². The van der Waals surface area contributed by atoms with Crippen LogP contribution in [0, 0.1) is 0 Å². The lowest BCUT2D eigenvalue weighted by molar-refractivity contribution is -0.147. The van der Waals surface area contributed by atoms with Crippen molar-refractivity contribution >= 4 is 25.7 Å². The summed E-state index contributed by atoms with van der Waals surface area (Å²) in [6.45, 7) is 2.42. The maximum atomic E-state index is 12.3. The van der Waals surface area contributed by atoms with E-state index in [-0.39, 0.29) is 12.8 Å². The minimum absolute atomic E-state index is 0.136. The Labute approximate surface area is 338 Å². The summed E-state index contributed by atoms with van der Waals surface area (Å²) in [5.74, 6) is -2.43. The minimum Gasteiger partial charge on any atom is -0.480 e. The summed E-state index contributed by atoms with van der Waals surface area (Å²) >= 11 is 0. The normalized spacial score (nSPS) is 14.4. The number of phosphoric ester groups is 1. The molecule has 322 valence electrons. The number of amides is 1. The Morgan fingerprint density at radius 2 is 1.04 bits per heavy atom. The van der Waals surface area contributed by atoms with Crippen molar-refractivity contribution in [1.29, 1.82) is 0 Å². The summed E-state index contributed by atoms with van der Waals surface area (Å²) in [5, 5.41) is 21.8. The van der Waals surface area contributed by atoms with Crippen molar-refractivity contribution in [2.45, 2.75) is 180 Å². The van der Waals surface area contributed by atoms with E-state index in [1.165, 1.54) is 57.8 Å². The number of rotatable bonds is 39. The molecule has 0 aliphatic heterocycles. The van der Waals surface area contributed by atoms with Gasteiger partial charge in [-0.3, -0.25) is 18.6 Å². The molecule has 56 heavy (non-hydrogen) atoms. The molecule has 1 amide bonds. The van der Waals surface area contributed by atoms with E-state index >= 15 is 0 Å². The predicted octanol–water partition coefficient (Wildman–Crippen LogP) is 10.8. The molecule has 0 heterocycles. The molecule has 0 spiro atoms. The number of allylic oxidation sites excluding steroid dienone is 10. The number of aliphatic hydroxyl groups is 1. The summed E-state index contributed by atoms with van der Waals surface area (Å²) in [4.78, 5) is 45.9. The quantitative estimate of drug-likeness (QED) is 0.0203. The monoisotopic (exact) mass is 810 g/mol. The summed E-state index contributed by atoms with van der Waals surface area (Å²) < 4.78 is 26.8. The summed E-state index contributed by atoms with van der Waals surface area (Å²) in [7, 11) is -4.77. The summed E-state index contributed by atoms with van der Waals surface area (Å²) in [6, 6.07) is -1.56. The highest BCUT2D eigenvalue weighted by molar-refractivity contribution is 7.47. The van der Waals surface area contributed by atoms with E-state index in [4.69, 9.17) is 13.8 Å². The molecule has 3 atom stereocenters. The van der Waals surface area contributed by atoms with Gasteiger partial charge in [-0.15, -0.1) is 0 Å². The second kappa shape index (κ2) is 39.0. The van der Waals surface area contributed by atoms with Crippen LogP contribution in [0.3, 0.4) is 0 Å². The number of unbranched alkanes of at least 4 members (excludes halogenated alkanes) is 15. The van der Waals surface area contributed by atoms with Gasteiger partial charge in [-0.2, -0.15) is 0 Å². The number of hydrogen-bond donors (Lipinski definition) is 4. The van der Waals surface area contributed by atoms with E-state index in [0.29, 0.717) is 12.8 Å². The van der Waals surface area contributed by atoms with Crippen molar-refractivity contribution in [3.63, 3.8) is 0 Å². The van der Waals surface area contributed by atoms with Crippen LogP contribution in [0.5, 0.6) is 0 Å². The fourth-order valence-corrected chi connectivity index (χ4v) is 6.25. The molecule has 0 radical (unpaired) electrons. The zero-order chi connectivity index (χ0) is 41.4. The first-order valence-electron chi connectivity index (χ1n) is 21.3. The van der Waals surface area contributed by atoms with Gasteiger partial charge in [-0.05, 0) is 77.0 Å². The molecule has 11 nitrogen and oxygen atoms in total. The van der Waals surface area contributed by atoms with Crippen LogP contribution in [0.1, 0.15) is 168 Å². The molecule has 0 aromatic rings. The fraction of sp³-hybridized carbons (Fsp3) is 0.705. The smallest absolute Gasteiger partial charge is 0.472 e. The SMILES string of the molecule is CC/C=C\C/C=C\C/C=C\C/C=C\CCCCC(=O)OCC(O)COP(=O)(O)OCC(NC(=O)CCCCCCCCC/C=C\CCCCCCCC)C(=O)O. The number of ether oxygens (including phenoxy) is 1. The van der Waals surface area contributed by atoms with Crippen LogP contribution in [0.15, 0.2) is 60.8 Å². The molecule has 0 rings (SSSR count). The van der Waals surface area contributed by atoms with Crippen LogP contribution in [0.2, 0.25) is 0 Å². The highest BCUT2D eigenvalue weighted by Gasteiger charge is 2.28. The third-order valence-corrected chi connectivity index (χ3v) is 9.74. The van der Waals surface area contributed by atoms with Crippen LogP contribution in [0.25, 0.3) is 0 Å². The van der Waals surface area contributed by atoms with Crippen molar-refractivity contribution in [1.82, 2.24) is 5.32 Å². The molecule has 0 aromatic carbocycles. The summed E-state index contributed by atoms with van der Waals surface area (Å²) in [6.07, 6.45) is 43.9. The van der Waals surface area contributed by atoms with Crippen molar-refractivity contribution in [2.75, 3.05) is 19.8 Å². The van der Waals surface area contributed by atoms with Gasteiger partial charge in [0.15, 0.2) is 6.04 Å². The number of aliphatic carboxylic acids is 1. The standard InChI is InChI=1S/C44H76NO10P/c1-3-5-7-9-11-13-15-17-19-20-22-23-25-27-29-31-33-35-42(47)45-41(44(49)50)39-55-56(51,52)54-38-40(46)37-53-43(48)36-34-32-30-28-26-24-21-18-16-14-12-10-8-6-4-2/h6,8,12,14,17-19,21,26,28,40-41,46H,3-5,7,9-11,13,15-16,20,22-25,27,29-39H2,1-2H3,(H,45,47)(H,49,50)(H,51,52)/b8-6-,14-12-,19-17-,21-18-,28-26-. The summed E-state index contributed by atoms with van der Waals surface area (Å²) in [5.41, 5.74) is 0. The zero-order valence-corrected chi connectivity index (χ0v) is 35.6. The lowest BCUT2D eigenvalue weighted by Gasteiger charge is -2.18. The van der Waals surface area contributed by atoms with E-state index in [1.54, 1.807) is 0 Å². The number of carbonyl (C=O) groups is 3. The molecule has 3 unspecified atom stereocenters. The average Bonchev–Trinajstić information content (AvgIpc) is 3.17. The molecular weight excluding hydrogens is 733 g/mol. The average molecular weight is 810 g/mol. The highest BCUT2D eigenvalue weighted by Crippen LogP contribution is 2.43. The van der Waals surface area contributed by atoms with E-state index in [0.717, 1.165) is 70.6 Å². The number of esters is 1. The third-order valence-electron chi connectivity index (χ3n) is 8.79. The second-order valence-electron chi connectivity index (χ2n) is 14.1. The Morgan fingerprint density at radius 3 is 1.59 bits per heavy atom. The van der Waals surface area contributed by atoms with Gasteiger partial charge in [0.2, 0.25) is 5.91 Å². The lowest BCUT2D eigenvalue weighted by atomic mass is 10.1. The highest BCUT2D eigenvalue weighted by atomic mass is 31.2. The van der Waals surface area contributed by atoms with Gasteiger partial charge >= 0.3 is 19.8 Å². The zero-order valence-electron chi connectivity index (χ0n) is 34.7. The lowest BCUT2D eigenvalue weighted by Crippen LogP contribution is -2.43. The van der Waals surface area contributed by atoms with Crippen molar-refractivity contribution < 1.29 is 47.8 Å². The predicted molar refractivity (Wildman–Crippen MR) is 226 cm³/mol. The van der Waals surface area contributed by atoms with Crippen molar-refractivity contribution in [3.8, 4) is 0 Å². The first-order valence-corrected chi connectivity index (χ1v) is 22.8. The maximum Gasteiger partial charge on any atom is 0.472 e. The van der Waals surface area contributed by atoms with Gasteiger partial charge in [0, 0.05) is 12.8 Å². The van der Waals surface area contributed by atoms with Gasteiger partial charge in [0.1, 0.15) is 12.7 Å². The first kappa shape index (κ1) is 53.2. The molecule has 0 saturated heterocycles. The van der Waals surface area contributed by atoms with E-state index in [9.17, 15) is 34.1 Å². The molecule has 0 bridgehead atoms. The van der Waals surface area contributed by atoms with Gasteiger partial charge < -0.3 is 25.2 Å². The van der Waals surface area contributed by atoms with Gasteiger partial charge in [0.05, 0.1) is 13.2 Å². The molecule has 0 fully saturated rings. The van der Waals surface area contributed by atoms with Crippen LogP contribution < -0.4 is 5.32 Å². The van der Waals surface area contributed by atoms with E-state index in [1.807, 2.05) is 0 Å². The van der Waals surface area contributed by atoms with Crippen molar-refractivity contribution in [3.05, 3.63) is 60.8 Å².